The normalized spacial score (nSPS) is 18.6. The molecule has 1 aromatic rings. The molecule has 2 heterocycles. The number of aromatic nitrogens is 1. The molecule has 1 atom stereocenters. The SMILES string of the molecule is O=C(O)c1ccc(C(=O)N2CC[C@H](OC(F)F)C2)cn1. The summed E-state index contributed by atoms with van der Waals surface area (Å²) in [6.45, 7) is -2.45. The molecule has 0 saturated carbocycles. The van der Waals surface area contributed by atoms with E-state index in [0.29, 0.717) is 13.0 Å². The first-order valence-corrected chi connectivity index (χ1v) is 5.89. The molecule has 0 radical (unpaired) electrons. The molecule has 1 amide bonds. The molecule has 2 rings (SSSR count). The van der Waals surface area contributed by atoms with Crippen molar-refractivity contribution in [1.29, 1.82) is 0 Å². The molecule has 1 saturated heterocycles. The van der Waals surface area contributed by atoms with Crippen molar-refractivity contribution in [2.24, 2.45) is 0 Å². The Morgan fingerprint density at radius 1 is 1.45 bits per heavy atom. The molecule has 0 spiro atoms. The van der Waals surface area contributed by atoms with E-state index in [-0.39, 0.29) is 23.7 Å². The molecular formula is C12H12F2N2O4. The Bertz CT molecular complexity index is 507. The smallest absolute Gasteiger partial charge is 0.354 e. The third-order valence-corrected chi connectivity index (χ3v) is 2.96. The number of pyridine rings is 1. The van der Waals surface area contributed by atoms with Crippen LogP contribution in [0.1, 0.15) is 27.3 Å². The predicted molar refractivity (Wildman–Crippen MR) is 62.6 cm³/mol. The molecule has 1 N–H and O–H groups in total. The van der Waals surface area contributed by atoms with E-state index in [1.165, 1.54) is 17.0 Å². The molecule has 1 aliphatic heterocycles. The summed E-state index contributed by atoms with van der Waals surface area (Å²) in [6, 6.07) is 2.57. The van der Waals surface area contributed by atoms with E-state index >= 15 is 0 Å². The molecule has 1 fully saturated rings. The predicted octanol–water partition coefficient (Wildman–Crippen LogP) is 1.23. The van der Waals surface area contributed by atoms with Gasteiger partial charge in [0.2, 0.25) is 0 Å². The van der Waals surface area contributed by atoms with Crippen LogP contribution < -0.4 is 0 Å². The number of amides is 1. The Labute approximate surface area is 113 Å². The lowest BCUT2D eigenvalue weighted by Crippen LogP contribution is -2.30. The van der Waals surface area contributed by atoms with Crippen LogP contribution in [0, 0.1) is 0 Å². The second kappa shape index (κ2) is 5.91. The van der Waals surface area contributed by atoms with Gasteiger partial charge in [0.15, 0.2) is 0 Å². The first kappa shape index (κ1) is 14.3. The van der Waals surface area contributed by atoms with Crippen LogP contribution in [0.5, 0.6) is 0 Å². The van der Waals surface area contributed by atoms with Crippen LogP contribution >= 0.6 is 0 Å². The number of halogens is 2. The van der Waals surface area contributed by atoms with Crippen molar-refractivity contribution in [2.75, 3.05) is 13.1 Å². The van der Waals surface area contributed by atoms with Crippen molar-refractivity contribution in [3.8, 4) is 0 Å². The summed E-state index contributed by atoms with van der Waals surface area (Å²) in [7, 11) is 0. The van der Waals surface area contributed by atoms with Gasteiger partial charge in [0, 0.05) is 19.3 Å². The van der Waals surface area contributed by atoms with Gasteiger partial charge in [0.05, 0.1) is 11.7 Å². The number of likely N-dealkylation sites (tertiary alicyclic amines) is 1. The van der Waals surface area contributed by atoms with Crippen molar-refractivity contribution in [1.82, 2.24) is 9.88 Å². The number of carboxylic acids is 1. The van der Waals surface area contributed by atoms with Crippen LogP contribution in [0.4, 0.5) is 8.78 Å². The number of hydrogen-bond acceptors (Lipinski definition) is 4. The summed E-state index contributed by atoms with van der Waals surface area (Å²) in [5.41, 5.74) is 0.0505. The van der Waals surface area contributed by atoms with E-state index in [0.717, 1.165) is 6.20 Å². The molecule has 6 nitrogen and oxygen atoms in total. The fourth-order valence-corrected chi connectivity index (χ4v) is 2.00. The second-order valence-electron chi connectivity index (χ2n) is 4.30. The monoisotopic (exact) mass is 286 g/mol. The minimum Gasteiger partial charge on any atom is -0.477 e. The lowest BCUT2D eigenvalue weighted by atomic mass is 10.2. The number of aromatic carboxylic acids is 1. The van der Waals surface area contributed by atoms with Crippen LogP contribution in [-0.4, -0.2) is 52.7 Å². The number of carbonyl (C=O) groups is 2. The van der Waals surface area contributed by atoms with Crippen molar-refractivity contribution in [2.45, 2.75) is 19.1 Å². The lowest BCUT2D eigenvalue weighted by Gasteiger charge is -2.16. The fraction of sp³-hybridized carbons (Fsp3) is 0.417. The molecule has 0 aromatic carbocycles. The summed E-state index contributed by atoms with van der Waals surface area (Å²) in [5, 5.41) is 8.70. The van der Waals surface area contributed by atoms with E-state index in [2.05, 4.69) is 9.72 Å². The van der Waals surface area contributed by atoms with E-state index < -0.39 is 18.7 Å². The molecule has 108 valence electrons. The standard InChI is InChI=1S/C12H12F2N2O4/c13-12(14)20-8-3-4-16(6-8)10(17)7-1-2-9(11(18)19)15-5-7/h1-2,5,8,12H,3-4,6H2,(H,18,19)/t8-/m0/s1. The molecule has 1 aliphatic rings. The van der Waals surface area contributed by atoms with Gasteiger partial charge in [0.25, 0.3) is 5.91 Å². The minimum absolute atomic E-state index is 0.0872. The zero-order valence-corrected chi connectivity index (χ0v) is 10.3. The van der Waals surface area contributed by atoms with Gasteiger partial charge in [-0.1, -0.05) is 0 Å². The van der Waals surface area contributed by atoms with Gasteiger partial charge >= 0.3 is 12.6 Å². The van der Waals surface area contributed by atoms with Crippen LogP contribution in [0.3, 0.4) is 0 Å². The van der Waals surface area contributed by atoms with Crippen LogP contribution in [0.2, 0.25) is 0 Å². The number of nitrogens with zero attached hydrogens (tertiary/aromatic N) is 2. The molecular weight excluding hydrogens is 274 g/mol. The van der Waals surface area contributed by atoms with E-state index in [1.807, 2.05) is 0 Å². The third-order valence-electron chi connectivity index (χ3n) is 2.96. The first-order valence-electron chi connectivity index (χ1n) is 5.89. The molecule has 20 heavy (non-hydrogen) atoms. The third kappa shape index (κ3) is 3.27. The first-order chi connectivity index (χ1) is 9.47. The molecule has 0 aliphatic carbocycles. The lowest BCUT2D eigenvalue weighted by molar-refractivity contribution is -0.158. The van der Waals surface area contributed by atoms with Gasteiger partial charge in [-0.05, 0) is 18.6 Å². The number of carboxylic acid groups (broad SMARTS) is 1. The highest BCUT2D eigenvalue weighted by atomic mass is 19.3. The largest absolute Gasteiger partial charge is 0.477 e. The van der Waals surface area contributed by atoms with E-state index in [9.17, 15) is 18.4 Å². The summed E-state index contributed by atoms with van der Waals surface area (Å²) < 4.78 is 28.5. The molecule has 0 unspecified atom stereocenters. The molecule has 8 heteroatoms. The number of rotatable bonds is 4. The minimum atomic E-state index is -2.86. The van der Waals surface area contributed by atoms with E-state index in [4.69, 9.17) is 5.11 Å². The quantitative estimate of drug-likeness (QED) is 0.900. The van der Waals surface area contributed by atoms with Gasteiger partial charge in [-0.2, -0.15) is 8.78 Å². The molecule has 1 aromatic heterocycles. The van der Waals surface area contributed by atoms with Crippen molar-refractivity contribution < 1.29 is 28.2 Å². The summed E-state index contributed by atoms with van der Waals surface area (Å²) in [4.78, 5) is 27.7. The highest BCUT2D eigenvalue weighted by molar-refractivity contribution is 5.95. The van der Waals surface area contributed by atoms with Crippen molar-refractivity contribution >= 4 is 11.9 Å². The average molecular weight is 286 g/mol. The van der Waals surface area contributed by atoms with Crippen LogP contribution in [-0.2, 0) is 4.74 Å². The maximum Gasteiger partial charge on any atom is 0.354 e. The number of ether oxygens (including phenoxy) is 1. The van der Waals surface area contributed by atoms with Gasteiger partial charge in [0.1, 0.15) is 5.69 Å². The second-order valence-corrected chi connectivity index (χ2v) is 4.30. The maximum absolute atomic E-state index is 12.1. The van der Waals surface area contributed by atoms with Crippen LogP contribution in [0.25, 0.3) is 0 Å². The average Bonchev–Trinajstić information content (AvgIpc) is 2.85. The Hall–Kier alpha value is -2.09. The Kier molecular flexibility index (Phi) is 4.23. The van der Waals surface area contributed by atoms with Gasteiger partial charge < -0.3 is 14.7 Å². The number of hydrogen-bond donors (Lipinski definition) is 1. The Balaban J connectivity index is 2.00. The van der Waals surface area contributed by atoms with Gasteiger partial charge in [-0.25, -0.2) is 9.78 Å². The summed E-state index contributed by atoms with van der Waals surface area (Å²) in [5.74, 6) is -1.56. The number of carbonyl (C=O) groups excluding carboxylic acids is 1. The summed E-state index contributed by atoms with van der Waals surface area (Å²) >= 11 is 0. The van der Waals surface area contributed by atoms with E-state index in [1.54, 1.807) is 0 Å². The van der Waals surface area contributed by atoms with Crippen molar-refractivity contribution in [3.63, 3.8) is 0 Å². The fourth-order valence-electron chi connectivity index (χ4n) is 2.00. The highest BCUT2D eigenvalue weighted by Crippen LogP contribution is 2.18. The zero-order valence-electron chi connectivity index (χ0n) is 10.3. The maximum atomic E-state index is 12.1. The van der Waals surface area contributed by atoms with Gasteiger partial charge in [-0.15, -0.1) is 0 Å². The zero-order chi connectivity index (χ0) is 14.7. The van der Waals surface area contributed by atoms with Crippen LogP contribution in [0.15, 0.2) is 18.3 Å². The number of alkyl halides is 2. The van der Waals surface area contributed by atoms with Gasteiger partial charge in [-0.3, -0.25) is 4.79 Å². The summed E-state index contributed by atoms with van der Waals surface area (Å²) in [6.07, 6.45) is 0.828. The Morgan fingerprint density at radius 2 is 2.20 bits per heavy atom. The highest BCUT2D eigenvalue weighted by Gasteiger charge is 2.29. The Morgan fingerprint density at radius 3 is 2.75 bits per heavy atom. The topological polar surface area (TPSA) is 79.7 Å². The van der Waals surface area contributed by atoms with Crippen molar-refractivity contribution in [3.05, 3.63) is 29.6 Å². The molecule has 0 bridgehead atoms.